The number of halogens is 3. The Labute approximate surface area is 241 Å². The summed E-state index contributed by atoms with van der Waals surface area (Å²) in [6, 6.07) is 16.0. The minimum absolute atomic E-state index is 0.0236. The first-order chi connectivity index (χ1) is 19.5. The van der Waals surface area contributed by atoms with E-state index in [0.717, 1.165) is 28.6 Å². The summed E-state index contributed by atoms with van der Waals surface area (Å²) < 4.78 is 59.2. The normalized spacial score (nSPS) is 19.2. The van der Waals surface area contributed by atoms with Crippen LogP contribution in [-0.2, 0) is 27.1 Å². The average Bonchev–Trinajstić information content (AvgIpc) is 3.31. The van der Waals surface area contributed by atoms with E-state index in [9.17, 15) is 22.8 Å². The summed E-state index contributed by atoms with van der Waals surface area (Å²) in [6.45, 7) is 7.72. The molecule has 226 valence electrons. The van der Waals surface area contributed by atoms with E-state index in [1.54, 1.807) is 31.2 Å². The van der Waals surface area contributed by atoms with Gasteiger partial charge < -0.3 is 18.8 Å². The molecule has 1 saturated heterocycles. The number of hydrogen-bond donors (Lipinski definition) is 0. The molecule has 0 spiro atoms. The largest absolute Gasteiger partial charge is 0.497 e. The van der Waals surface area contributed by atoms with Crippen molar-refractivity contribution in [2.45, 2.75) is 89.7 Å². The fourth-order valence-electron chi connectivity index (χ4n) is 5.52. The molecule has 1 heterocycles. The van der Waals surface area contributed by atoms with E-state index in [2.05, 4.69) is 20.8 Å². The molecule has 11 heteroatoms. The molecule has 3 atom stereocenters. The first kappa shape index (κ1) is 32.5. The Balaban J connectivity index is 1.96. The fraction of sp³-hybridized carbons (Fsp3) is 0.533. The maximum Gasteiger partial charge on any atom is 0.471 e. The van der Waals surface area contributed by atoms with Crippen LogP contribution in [0.15, 0.2) is 54.6 Å². The number of alkyl halides is 3. The minimum Gasteiger partial charge on any atom is -0.497 e. The molecule has 1 fully saturated rings. The zero-order valence-corrected chi connectivity index (χ0v) is 25.4. The number of carbonyl (C=O) groups excluding carboxylic acids is 2. The molecule has 2 aromatic carbocycles. The summed E-state index contributed by atoms with van der Waals surface area (Å²) in [4.78, 5) is 28.7. The molecule has 0 bridgehead atoms. The Bertz CT molecular complexity index is 1120. The molecule has 0 aliphatic carbocycles. The number of rotatable bonds is 12. The number of amides is 2. The smallest absolute Gasteiger partial charge is 0.471 e. The van der Waals surface area contributed by atoms with Crippen molar-refractivity contribution >= 4 is 20.3 Å². The molecule has 41 heavy (non-hydrogen) atoms. The van der Waals surface area contributed by atoms with Gasteiger partial charge in [-0.2, -0.15) is 13.2 Å². The van der Waals surface area contributed by atoms with Crippen LogP contribution in [-0.4, -0.2) is 68.1 Å². The van der Waals surface area contributed by atoms with Crippen LogP contribution in [0.2, 0.25) is 18.1 Å². The number of methoxy groups -OCH3 is 1. The van der Waals surface area contributed by atoms with E-state index in [1.165, 1.54) is 12.0 Å². The molecular formula is C30H41F3N2O5Si. The number of benzene rings is 2. The summed E-state index contributed by atoms with van der Waals surface area (Å²) in [5.74, 6) is -1.39. The molecule has 1 aliphatic rings. The van der Waals surface area contributed by atoms with E-state index >= 15 is 0 Å². The van der Waals surface area contributed by atoms with Gasteiger partial charge in [0.05, 0.1) is 25.8 Å². The maximum absolute atomic E-state index is 14.0. The third-order valence-electron chi connectivity index (χ3n) is 8.18. The second-order valence-electron chi connectivity index (χ2n) is 10.5. The maximum atomic E-state index is 14.0. The molecule has 1 aliphatic heterocycles. The standard InChI is InChI=1S/C30H41F3N2O5Si/c1-6-41(7-2,8-3)40-21-27-26(18-22(4)35(27)29(37)39-20-24-12-10-9-11-13-24)34(28(36)30(31,32)33)19-23-14-16-25(38-5)17-15-23/h9-17,22,26-27H,6-8,18-21H2,1-5H3/t22-,26+,27+/m1/s1. The van der Waals surface area contributed by atoms with Gasteiger partial charge in [-0.1, -0.05) is 63.2 Å². The lowest BCUT2D eigenvalue weighted by molar-refractivity contribution is -0.189. The van der Waals surface area contributed by atoms with Crippen LogP contribution in [0.4, 0.5) is 18.0 Å². The van der Waals surface area contributed by atoms with Gasteiger partial charge in [-0.15, -0.1) is 0 Å². The Hall–Kier alpha value is -3.05. The SMILES string of the molecule is CC[Si](CC)(CC)OC[C@H]1[C@@H](N(Cc2ccc(OC)cc2)C(=O)C(F)(F)F)C[C@@H](C)N1C(=O)OCc1ccccc1. The van der Waals surface area contributed by atoms with E-state index in [1.807, 2.05) is 30.3 Å². The van der Waals surface area contributed by atoms with Crippen molar-refractivity contribution in [3.05, 3.63) is 65.7 Å². The molecule has 0 saturated carbocycles. The van der Waals surface area contributed by atoms with Gasteiger partial charge in [0.25, 0.3) is 0 Å². The first-order valence-electron chi connectivity index (χ1n) is 14.1. The topological polar surface area (TPSA) is 68.3 Å². The number of likely N-dealkylation sites (tertiary alicyclic amines) is 1. The second-order valence-corrected chi connectivity index (χ2v) is 15.3. The Morgan fingerprint density at radius 1 is 0.976 bits per heavy atom. The third kappa shape index (κ3) is 8.03. The van der Waals surface area contributed by atoms with Gasteiger partial charge >= 0.3 is 18.2 Å². The summed E-state index contributed by atoms with van der Waals surface area (Å²) >= 11 is 0. The van der Waals surface area contributed by atoms with Crippen LogP contribution in [0.25, 0.3) is 0 Å². The van der Waals surface area contributed by atoms with E-state index in [4.69, 9.17) is 13.9 Å². The number of ether oxygens (including phenoxy) is 2. The number of nitrogens with zero attached hydrogens (tertiary/aromatic N) is 2. The predicted molar refractivity (Wildman–Crippen MR) is 153 cm³/mol. The van der Waals surface area contributed by atoms with Crippen molar-refractivity contribution in [1.29, 1.82) is 0 Å². The van der Waals surface area contributed by atoms with E-state index in [0.29, 0.717) is 11.3 Å². The highest BCUT2D eigenvalue weighted by molar-refractivity contribution is 6.73. The van der Waals surface area contributed by atoms with Crippen LogP contribution in [0.5, 0.6) is 5.75 Å². The Morgan fingerprint density at radius 3 is 2.12 bits per heavy atom. The quantitative estimate of drug-likeness (QED) is 0.254. The van der Waals surface area contributed by atoms with Crippen LogP contribution < -0.4 is 4.74 Å². The molecule has 0 aromatic heterocycles. The second kappa shape index (κ2) is 14.2. The van der Waals surface area contributed by atoms with E-state index < -0.39 is 44.6 Å². The van der Waals surface area contributed by atoms with Gasteiger partial charge in [0.1, 0.15) is 12.4 Å². The summed E-state index contributed by atoms with van der Waals surface area (Å²) in [6.07, 6.45) is -5.57. The highest BCUT2D eigenvalue weighted by Crippen LogP contribution is 2.35. The van der Waals surface area contributed by atoms with Gasteiger partial charge in [-0.25, -0.2) is 4.79 Å². The lowest BCUT2D eigenvalue weighted by atomic mass is 10.0. The van der Waals surface area contributed by atoms with Gasteiger partial charge in [0.15, 0.2) is 8.32 Å². The average molecular weight is 595 g/mol. The zero-order chi connectivity index (χ0) is 30.2. The summed E-state index contributed by atoms with van der Waals surface area (Å²) in [7, 11) is -0.677. The van der Waals surface area contributed by atoms with Gasteiger partial charge in [0, 0.05) is 12.6 Å². The molecule has 0 radical (unpaired) electrons. The molecule has 7 nitrogen and oxygen atoms in total. The van der Waals surface area contributed by atoms with Crippen molar-refractivity contribution in [3.8, 4) is 5.75 Å². The predicted octanol–water partition coefficient (Wildman–Crippen LogP) is 6.78. The lowest BCUT2D eigenvalue weighted by Gasteiger charge is -2.38. The van der Waals surface area contributed by atoms with Gasteiger partial charge in [-0.05, 0) is 54.7 Å². The number of hydrogen-bond acceptors (Lipinski definition) is 5. The Morgan fingerprint density at radius 2 is 1.59 bits per heavy atom. The van der Waals surface area contributed by atoms with Crippen LogP contribution in [0, 0.1) is 0 Å². The van der Waals surface area contributed by atoms with Crippen molar-refractivity contribution in [2.75, 3.05) is 13.7 Å². The lowest BCUT2D eigenvalue weighted by Crippen LogP contribution is -2.55. The molecule has 2 aromatic rings. The molecular weight excluding hydrogens is 553 g/mol. The minimum atomic E-state index is -5.09. The fourth-order valence-corrected chi connectivity index (χ4v) is 8.15. The highest BCUT2D eigenvalue weighted by Gasteiger charge is 2.52. The number of carbonyl (C=O) groups is 2. The van der Waals surface area contributed by atoms with Crippen LogP contribution in [0.1, 0.15) is 45.2 Å². The summed E-state index contributed by atoms with van der Waals surface area (Å²) in [5, 5.41) is 0. The zero-order valence-electron chi connectivity index (χ0n) is 24.4. The molecule has 3 rings (SSSR count). The third-order valence-corrected chi connectivity index (χ3v) is 12.8. The van der Waals surface area contributed by atoms with Crippen LogP contribution >= 0.6 is 0 Å². The van der Waals surface area contributed by atoms with Crippen molar-refractivity contribution in [1.82, 2.24) is 9.80 Å². The highest BCUT2D eigenvalue weighted by atomic mass is 28.4. The van der Waals surface area contributed by atoms with Crippen molar-refractivity contribution in [2.24, 2.45) is 0 Å². The summed E-state index contributed by atoms with van der Waals surface area (Å²) in [5.41, 5.74) is 1.31. The van der Waals surface area contributed by atoms with Crippen molar-refractivity contribution in [3.63, 3.8) is 0 Å². The van der Waals surface area contributed by atoms with Crippen molar-refractivity contribution < 1.29 is 36.7 Å². The Kier molecular flexibility index (Phi) is 11.3. The van der Waals surface area contributed by atoms with Gasteiger partial charge in [-0.3, -0.25) is 9.69 Å². The first-order valence-corrected chi connectivity index (χ1v) is 16.6. The monoisotopic (exact) mass is 594 g/mol. The van der Waals surface area contributed by atoms with Crippen LogP contribution in [0.3, 0.4) is 0 Å². The molecule has 0 unspecified atom stereocenters. The van der Waals surface area contributed by atoms with Gasteiger partial charge in [0.2, 0.25) is 0 Å². The molecule has 0 N–H and O–H groups in total. The molecule has 2 amide bonds. The van der Waals surface area contributed by atoms with E-state index in [-0.39, 0.29) is 26.2 Å².